The molecular weight excluding hydrogens is 262 g/mol. The zero-order valence-corrected chi connectivity index (χ0v) is 11.0. The minimum absolute atomic E-state index is 0.0931. The standard InChI is InChI=1S/C16H14F2O2/c1-2-11-4-3-5-13(8-11)20-10-16(19)12-6-7-14(17)15(18)9-12/h3-9H,2,10H2,1H3. The number of carbonyl (C=O) groups excluding carboxylic acids is 1. The predicted molar refractivity (Wildman–Crippen MR) is 72.0 cm³/mol. The Labute approximate surface area is 116 Å². The maximum atomic E-state index is 13.0. The SMILES string of the molecule is CCc1cccc(OCC(=O)c2ccc(F)c(F)c2)c1. The van der Waals surface area contributed by atoms with E-state index in [1.54, 1.807) is 6.07 Å². The van der Waals surface area contributed by atoms with Crippen molar-refractivity contribution in [1.82, 2.24) is 0 Å². The van der Waals surface area contributed by atoms with Gasteiger partial charge in [0.1, 0.15) is 5.75 Å². The van der Waals surface area contributed by atoms with Crippen molar-refractivity contribution in [3.8, 4) is 5.75 Å². The zero-order chi connectivity index (χ0) is 14.5. The largest absolute Gasteiger partial charge is 0.485 e. The number of hydrogen-bond donors (Lipinski definition) is 0. The molecule has 0 unspecified atom stereocenters. The molecule has 2 nitrogen and oxygen atoms in total. The predicted octanol–water partition coefficient (Wildman–Crippen LogP) is 3.79. The fourth-order valence-corrected chi connectivity index (χ4v) is 1.76. The summed E-state index contributed by atoms with van der Waals surface area (Å²) in [5, 5.41) is 0. The van der Waals surface area contributed by atoms with Crippen molar-refractivity contribution in [3.63, 3.8) is 0 Å². The van der Waals surface area contributed by atoms with E-state index in [0.717, 1.165) is 24.1 Å². The summed E-state index contributed by atoms with van der Waals surface area (Å²) in [6.07, 6.45) is 0.869. The van der Waals surface area contributed by atoms with E-state index in [9.17, 15) is 13.6 Å². The first-order valence-electron chi connectivity index (χ1n) is 6.30. The highest BCUT2D eigenvalue weighted by Gasteiger charge is 2.10. The molecule has 0 bridgehead atoms. The molecule has 4 heteroatoms. The topological polar surface area (TPSA) is 26.3 Å². The van der Waals surface area contributed by atoms with E-state index >= 15 is 0 Å². The second kappa shape index (κ2) is 6.28. The number of Topliss-reactive ketones (excluding diaryl/α,β-unsaturated/α-hetero) is 1. The fourth-order valence-electron chi connectivity index (χ4n) is 1.76. The Bertz CT molecular complexity index is 624. The summed E-state index contributed by atoms with van der Waals surface area (Å²) in [7, 11) is 0. The first-order valence-corrected chi connectivity index (χ1v) is 6.30. The summed E-state index contributed by atoms with van der Waals surface area (Å²) in [5.74, 6) is -1.83. The van der Waals surface area contributed by atoms with E-state index in [1.165, 1.54) is 6.07 Å². The second-order valence-electron chi connectivity index (χ2n) is 4.34. The Morgan fingerprint density at radius 3 is 2.60 bits per heavy atom. The summed E-state index contributed by atoms with van der Waals surface area (Å²) in [5.41, 5.74) is 1.19. The van der Waals surface area contributed by atoms with Crippen LogP contribution in [-0.2, 0) is 6.42 Å². The summed E-state index contributed by atoms with van der Waals surface area (Å²) in [6.45, 7) is 1.81. The Kier molecular flexibility index (Phi) is 4.45. The van der Waals surface area contributed by atoms with E-state index in [2.05, 4.69) is 0 Å². The van der Waals surface area contributed by atoms with Crippen LogP contribution >= 0.6 is 0 Å². The van der Waals surface area contributed by atoms with Gasteiger partial charge < -0.3 is 4.74 Å². The van der Waals surface area contributed by atoms with Crippen molar-refractivity contribution >= 4 is 5.78 Å². The van der Waals surface area contributed by atoms with Crippen LogP contribution in [0.4, 0.5) is 8.78 Å². The van der Waals surface area contributed by atoms with Gasteiger partial charge in [0.15, 0.2) is 24.0 Å². The van der Waals surface area contributed by atoms with Gasteiger partial charge in [-0.15, -0.1) is 0 Å². The van der Waals surface area contributed by atoms with Gasteiger partial charge in [-0.3, -0.25) is 4.79 Å². The molecule has 2 aromatic carbocycles. The summed E-state index contributed by atoms with van der Waals surface area (Å²) >= 11 is 0. The van der Waals surface area contributed by atoms with Crippen LogP contribution in [0.15, 0.2) is 42.5 Å². The van der Waals surface area contributed by atoms with E-state index < -0.39 is 17.4 Å². The lowest BCUT2D eigenvalue weighted by atomic mass is 10.1. The lowest BCUT2D eigenvalue weighted by Gasteiger charge is -2.07. The second-order valence-corrected chi connectivity index (χ2v) is 4.34. The van der Waals surface area contributed by atoms with Crippen LogP contribution in [0.25, 0.3) is 0 Å². The molecular formula is C16H14F2O2. The lowest BCUT2D eigenvalue weighted by molar-refractivity contribution is 0.0921. The molecule has 0 aliphatic rings. The third-order valence-electron chi connectivity index (χ3n) is 2.92. The third kappa shape index (κ3) is 3.41. The average molecular weight is 276 g/mol. The van der Waals surface area contributed by atoms with Gasteiger partial charge in [-0.05, 0) is 42.3 Å². The molecule has 0 aromatic heterocycles. The van der Waals surface area contributed by atoms with Gasteiger partial charge in [0.05, 0.1) is 0 Å². The molecule has 0 heterocycles. The van der Waals surface area contributed by atoms with Gasteiger partial charge in [-0.1, -0.05) is 19.1 Å². The highest BCUT2D eigenvalue weighted by atomic mass is 19.2. The molecule has 0 saturated carbocycles. The number of ether oxygens (including phenoxy) is 1. The van der Waals surface area contributed by atoms with Crippen LogP contribution in [0.1, 0.15) is 22.8 Å². The molecule has 2 rings (SSSR count). The van der Waals surface area contributed by atoms with Crippen LogP contribution in [0, 0.1) is 11.6 Å². The molecule has 0 N–H and O–H groups in total. The number of ketones is 1. The monoisotopic (exact) mass is 276 g/mol. The summed E-state index contributed by atoms with van der Waals surface area (Å²) in [6, 6.07) is 10.5. The molecule has 0 aliphatic heterocycles. The number of benzene rings is 2. The van der Waals surface area contributed by atoms with Gasteiger partial charge in [0.25, 0.3) is 0 Å². The van der Waals surface area contributed by atoms with Crippen molar-refractivity contribution in [2.24, 2.45) is 0 Å². The van der Waals surface area contributed by atoms with Crippen molar-refractivity contribution in [2.75, 3.05) is 6.61 Å². The van der Waals surface area contributed by atoms with Crippen LogP contribution in [0.3, 0.4) is 0 Å². The number of halogens is 2. The Morgan fingerprint density at radius 2 is 1.90 bits per heavy atom. The zero-order valence-electron chi connectivity index (χ0n) is 11.0. The molecule has 2 aromatic rings. The third-order valence-corrected chi connectivity index (χ3v) is 2.92. The van der Waals surface area contributed by atoms with E-state index in [-0.39, 0.29) is 12.2 Å². The lowest BCUT2D eigenvalue weighted by Crippen LogP contribution is -2.12. The van der Waals surface area contributed by atoms with Crippen LogP contribution < -0.4 is 4.74 Å². The number of aryl methyl sites for hydroxylation is 1. The minimum Gasteiger partial charge on any atom is -0.485 e. The molecule has 0 aliphatic carbocycles. The first kappa shape index (κ1) is 14.2. The van der Waals surface area contributed by atoms with Crippen LogP contribution in [0.2, 0.25) is 0 Å². The van der Waals surface area contributed by atoms with Gasteiger partial charge in [0, 0.05) is 5.56 Å². The van der Waals surface area contributed by atoms with Gasteiger partial charge in [-0.2, -0.15) is 0 Å². The van der Waals surface area contributed by atoms with Crippen molar-refractivity contribution in [1.29, 1.82) is 0 Å². The molecule has 0 fully saturated rings. The Balaban J connectivity index is 2.02. The maximum Gasteiger partial charge on any atom is 0.200 e. The molecule has 20 heavy (non-hydrogen) atoms. The van der Waals surface area contributed by atoms with Crippen molar-refractivity contribution in [3.05, 3.63) is 65.2 Å². The summed E-state index contributed by atoms with van der Waals surface area (Å²) < 4.78 is 31.2. The van der Waals surface area contributed by atoms with E-state index in [0.29, 0.717) is 5.75 Å². The van der Waals surface area contributed by atoms with Gasteiger partial charge in [0.2, 0.25) is 0 Å². The van der Waals surface area contributed by atoms with Crippen LogP contribution in [-0.4, -0.2) is 12.4 Å². The minimum atomic E-state index is -1.04. The van der Waals surface area contributed by atoms with E-state index in [4.69, 9.17) is 4.74 Å². The molecule has 0 atom stereocenters. The average Bonchev–Trinajstić information content (AvgIpc) is 2.47. The smallest absolute Gasteiger partial charge is 0.200 e. The maximum absolute atomic E-state index is 13.0. The first-order chi connectivity index (χ1) is 9.60. The molecule has 0 saturated heterocycles. The number of rotatable bonds is 5. The van der Waals surface area contributed by atoms with E-state index in [1.807, 2.05) is 25.1 Å². The molecule has 104 valence electrons. The van der Waals surface area contributed by atoms with Gasteiger partial charge in [-0.25, -0.2) is 8.78 Å². The quantitative estimate of drug-likeness (QED) is 0.777. The van der Waals surface area contributed by atoms with Crippen molar-refractivity contribution in [2.45, 2.75) is 13.3 Å². The highest BCUT2D eigenvalue weighted by Crippen LogP contribution is 2.15. The van der Waals surface area contributed by atoms with Crippen LogP contribution in [0.5, 0.6) is 5.75 Å². The Hall–Kier alpha value is -2.23. The molecule has 0 radical (unpaired) electrons. The normalized spacial score (nSPS) is 10.3. The fraction of sp³-hybridized carbons (Fsp3) is 0.188. The Morgan fingerprint density at radius 1 is 1.10 bits per heavy atom. The summed E-state index contributed by atoms with van der Waals surface area (Å²) in [4.78, 5) is 11.8. The van der Waals surface area contributed by atoms with Crippen molar-refractivity contribution < 1.29 is 18.3 Å². The highest BCUT2D eigenvalue weighted by molar-refractivity contribution is 5.97. The molecule has 0 amide bonds. The number of carbonyl (C=O) groups is 1. The molecule has 0 spiro atoms. The number of hydrogen-bond acceptors (Lipinski definition) is 2. The van der Waals surface area contributed by atoms with Gasteiger partial charge >= 0.3 is 0 Å².